The van der Waals surface area contributed by atoms with Crippen molar-refractivity contribution in [2.75, 3.05) is 20.2 Å². The minimum Gasteiger partial charge on any atom is -0.481 e. The fraction of sp³-hybridized carbons (Fsp3) is 0.667. The summed E-state index contributed by atoms with van der Waals surface area (Å²) in [5.74, 6) is 1.34. The lowest BCUT2D eigenvalue weighted by Crippen LogP contribution is -2.56. The second-order valence-corrected chi connectivity index (χ2v) is 5.76. The van der Waals surface area contributed by atoms with E-state index < -0.39 is 0 Å². The first kappa shape index (κ1) is 14.3. The van der Waals surface area contributed by atoms with Gasteiger partial charge in [0.2, 0.25) is 5.88 Å². The Morgan fingerprint density at radius 2 is 2.26 bits per heavy atom. The average molecular weight is 263 g/mol. The van der Waals surface area contributed by atoms with Crippen molar-refractivity contribution in [3.05, 3.63) is 23.9 Å². The molecule has 1 saturated heterocycles. The summed E-state index contributed by atoms with van der Waals surface area (Å²) in [5, 5.41) is 3.57. The highest BCUT2D eigenvalue weighted by Crippen LogP contribution is 2.18. The van der Waals surface area contributed by atoms with Gasteiger partial charge in [0.05, 0.1) is 7.11 Å². The summed E-state index contributed by atoms with van der Waals surface area (Å²) in [6, 6.07) is 5.20. The number of nitrogens with one attached hydrogen (secondary N) is 1. The number of pyridine rings is 1. The molecule has 1 fully saturated rings. The van der Waals surface area contributed by atoms with Crippen molar-refractivity contribution >= 4 is 0 Å². The second-order valence-electron chi connectivity index (χ2n) is 5.76. The van der Waals surface area contributed by atoms with Crippen LogP contribution in [-0.4, -0.2) is 42.2 Å². The molecule has 2 rings (SSSR count). The molecular weight excluding hydrogens is 238 g/mol. The number of aromatic nitrogens is 1. The molecule has 19 heavy (non-hydrogen) atoms. The molecule has 0 bridgehead atoms. The quantitative estimate of drug-likeness (QED) is 0.900. The number of rotatable bonds is 4. The topological polar surface area (TPSA) is 37.4 Å². The van der Waals surface area contributed by atoms with Crippen LogP contribution >= 0.6 is 0 Å². The van der Waals surface area contributed by atoms with E-state index in [0.29, 0.717) is 23.9 Å². The van der Waals surface area contributed by atoms with Crippen molar-refractivity contribution in [1.82, 2.24) is 15.2 Å². The van der Waals surface area contributed by atoms with E-state index in [1.165, 1.54) is 5.56 Å². The Labute approximate surface area is 116 Å². The molecule has 1 aromatic rings. The molecule has 1 aliphatic rings. The van der Waals surface area contributed by atoms with Crippen LogP contribution in [0, 0.1) is 5.92 Å². The maximum Gasteiger partial charge on any atom is 0.212 e. The number of methoxy groups -OCH3 is 1. The first-order valence-corrected chi connectivity index (χ1v) is 7.06. The fourth-order valence-electron chi connectivity index (χ4n) is 2.70. The van der Waals surface area contributed by atoms with Crippen molar-refractivity contribution in [3.63, 3.8) is 0 Å². The zero-order valence-electron chi connectivity index (χ0n) is 12.4. The summed E-state index contributed by atoms with van der Waals surface area (Å²) in [5.41, 5.74) is 1.25. The standard InChI is InChI=1S/C15H25N3O/c1-11(2)14-8-16-12(3)9-18(14)10-13-5-6-15(19-4)17-7-13/h5-7,11-12,14,16H,8-10H2,1-4H3. The van der Waals surface area contributed by atoms with Gasteiger partial charge in [-0.2, -0.15) is 0 Å². The minimum atomic E-state index is 0.557. The molecule has 1 aliphatic heterocycles. The van der Waals surface area contributed by atoms with Crippen molar-refractivity contribution in [3.8, 4) is 5.88 Å². The summed E-state index contributed by atoms with van der Waals surface area (Å²) in [4.78, 5) is 6.85. The summed E-state index contributed by atoms with van der Waals surface area (Å²) >= 11 is 0. The summed E-state index contributed by atoms with van der Waals surface area (Å²) in [6.45, 7) is 9.96. The summed E-state index contributed by atoms with van der Waals surface area (Å²) in [6.07, 6.45) is 1.92. The van der Waals surface area contributed by atoms with Gasteiger partial charge in [-0.25, -0.2) is 4.98 Å². The molecule has 0 aromatic carbocycles. The normalized spacial score (nSPS) is 24.7. The Hall–Kier alpha value is -1.13. The van der Waals surface area contributed by atoms with Crippen molar-refractivity contribution in [1.29, 1.82) is 0 Å². The molecule has 1 N–H and O–H groups in total. The highest BCUT2D eigenvalue weighted by Gasteiger charge is 2.27. The van der Waals surface area contributed by atoms with Crippen molar-refractivity contribution in [2.24, 2.45) is 5.92 Å². The minimum absolute atomic E-state index is 0.557. The average Bonchev–Trinajstić information content (AvgIpc) is 2.39. The molecule has 1 aromatic heterocycles. The molecule has 0 radical (unpaired) electrons. The Morgan fingerprint density at radius 3 is 2.84 bits per heavy atom. The van der Waals surface area contributed by atoms with Crippen LogP contribution in [0.15, 0.2) is 18.3 Å². The molecule has 106 valence electrons. The van der Waals surface area contributed by atoms with E-state index in [2.05, 4.69) is 42.0 Å². The summed E-state index contributed by atoms with van der Waals surface area (Å²) < 4.78 is 5.10. The van der Waals surface area contributed by atoms with Crippen LogP contribution in [0.5, 0.6) is 5.88 Å². The molecule has 0 spiro atoms. The Kier molecular flexibility index (Phi) is 4.77. The molecule has 4 heteroatoms. The van der Waals surface area contributed by atoms with Gasteiger partial charge in [-0.1, -0.05) is 19.9 Å². The molecule has 4 nitrogen and oxygen atoms in total. The molecule has 2 atom stereocenters. The molecule has 2 heterocycles. The van der Waals surface area contributed by atoms with Crippen LogP contribution in [0.1, 0.15) is 26.3 Å². The van der Waals surface area contributed by atoms with Gasteiger partial charge in [-0.15, -0.1) is 0 Å². The van der Waals surface area contributed by atoms with Crippen LogP contribution in [0.25, 0.3) is 0 Å². The van der Waals surface area contributed by atoms with Gasteiger partial charge in [-0.3, -0.25) is 4.90 Å². The van der Waals surface area contributed by atoms with Gasteiger partial charge >= 0.3 is 0 Å². The van der Waals surface area contributed by atoms with E-state index in [-0.39, 0.29) is 0 Å². The molecule has 0 saturated carbocycles. The monoisotopic (exact) mass is 263 g/mol. The van der Waals surface area contributed by atoms with E-state index in [4.69, 9.17) is 4.74 Å². The zero-order chi connectivity index (χ0) is 13.8. The van der Waals surface area contributed by atoms with E-state index in [1.54, 1.807) is 7.11 Å². The van der Waals surface area contributed by atoms with Crippen LogP contribution in [0.4, 0.5) is 0 Å². The maximum absolute atomic E-state index is 5.10. The number of hydrogen-bond acceptors (Lipinski definition) is 4. The second kappa shape index (κ2) is 6.35. The third-order valence-corrected chi connectivity index (χ3v) is 3.81. The van der Waals surface area contributed by atoms with Gasteiger partial charge in [-0.05, 0) is 18.4 Å². The highest BCUT2D eigenvalue weighted by atomic mass is 16.5. The SMILES string of the molecule is COc1ccc(CN2CC(C)NCC2C(C)C)cn1. The molecule has 0 amide bonds. The van der Waals surface area contributed by atoms with Crippen LogP contribution in [-0.2, 0) is 6.54 Å². The first-order chi connectivity index (χ1) is 9.10. The van der Waals surface area contributed by atoms with Crippen LogP contribution in [0.2, 0.25) is 0 Å². The van der Waals surface area contributed by atoms with Crippen LogP contribution in [0.3, 0.4) is 0 Å². The lowest BCUT2D eigenvalue weighted by molar-refractivity contribution is 0.0954. The van der Waals surface area contributed by atoms with Crippen molar-refractivity contribution in [2.45, 2.75) is 39.4 Å². The fourth-order valence-corrected chi connectivity index (χ4v) is 2.70. The van der Waals surface area contributed by atoms with Gasteiger partial charge < -0.3 is 10.1 Å². The number of piperazine rings is 1. The third kappa shape index (κ3) is 3.67. The largest absolute Gasteiger partial charge is 0.481 e. The van der Waals surface area contributed by atoms with Gasteiger partial charge in [0, 0.05) is 44.0 Å². The number of hydrogen-bond donors (Lipinski definition) is 1. The molecule has 0 aliphatic carbocycles. The predicted molar refractivity (Wildman–Crippen MR) is 77.3 cm³/mol. The number of ether oxygens (including phenoxy) is 1. The zero-order valence-corrected chi connectivity index (χ0v) is 12.4. The highest BCUT2D eigenvalue weighted by molar-refractivity contribution is 5.18. The lowest BCUT2D eigenvalue weighted by atomic mass is 9.98. The Bertz CT molecular complexity index is 391. The van der Waals surface area contributed by atoms with Gasteiger partial charge in [0.25, 0.3) is 0 Å². The first-order valence-electron chi connectivity index (χ1n) is 7.06. The Balaban J connectivity index is 2.05. The molecular formula is C15H25N3O. The van der Waals surface area contributed by atoms with E-state index in [0.717, 1.165) is 19.6 Å². The summed E-state index contributed by atoms with van der Waals surface area (Å²) in [7, 11) is 1.65. The van der Waals surface area contributed by atoms with E-state index >= 15 is 0 Å². The third-order valence-electron chi connectivity index (χ3n) is 3.81. The van der Waals surface area contributed by atoms with Gasteiger partial charge in [0.1, 0.15) is 0 Å². The number of nitrogens with zero attached hydrogens (tertiary/aromatic N) is 2. The van der Waals surface area contributed by atoms with Gasteiger partial charge in [0.15, 0.2) is 0 Å². The molecule has 2 unspecified atom stereocenters. The van der Waals surface area contributed by atoms with Crippen molar-refractivity contribution < 1.29 is 4.74 Å². The van der Waals surface area contributed by atoms with Crippen LogP contribution < -0.4 is 10.1 Å². The lowest BCUT2D eigenvalue weighted by Gasteiger charge is -2.41. The predicted octanol–water partition coefficient (Wildman–Crippen LogP) is 1.91. The Morgan fingerprint density at radius 1 is 1.47 bits per heavy atom. The van der Waals surface area contributed by atoms with E-state index in [9.17, 15) is 0 Å². The van der Waals surface area contributed by atoms with E-state index in [1.807, 2.05) is 12.3 Å². The smallest absolute Gasteiger partial charge is 0.212 e. The maximum atomic E-state index is 5.10.